The Morgan fingerprint density at radius 3 is 1.71 bits per heavy atom. The van der Waals surface area contributed by atoms with Crippen LogP contribution >= 0.6 is 39.1 Å². The Bertz CT molecular complexity index is 1250. The van der Waals surface area contributed by atoms with E-state index in [-0.39, 0.29) is 16.8 Å². The SMILES string of the molecule is O=C(O[C@H](C(=O)Nc1cccc(Br)c1)[C@@H](OC(=O)c1ccc(Cl)cc1)C(=O)O)c1ccc(Cl)cc1. The van der Waals surface area contributed by atoms with Crippen LogP contribution in [-0.2, 0) is 19.1 Å². The summed E-state index contributed by atoms with van der Waals surface area (Å²) in [4.78, 5) is 50.4. The van der Waals surface area contributed by atoms with Crippen LogP contribution in [0.1, 0.15) is 20.7 Å². The molecule has 3 aromatic rings. The summed E-state index contributed by atoms with van der Waals surface area (Å²) in [6, 6.07) is 17.4. The largest absolute Gasteiger partial charge is 0.478 e. The van der Waals surface area contributed by atoms with E-state index in [1.54, 1.807) is 18.2 Å². The molecule has 1 amide bonds. The molecule has 0 aliphatic rings. The van der Waals surface area contributed by atoms with Gasteiger partial charge in [-0.2, -0.15) is 0 Å². The van der Waals surface area contributed by atoms with Gasteiger partial charge in [-0.25, -0.2) is 14.4 Å². The molecule has 0 fully saturated rings. The average Bonchev–Trinajstić information content (AvgIpc) is 2.81. The highest BCUT2D eigenvalue weighted by Crippen LogP contribution is 2.20. The number of carbonyl (C=O) groups excluding carboxylic acids is 3. The van der Waals surface area contributed by atoms with Crippen LogP contribution in [0.2, 0.25) is 10.0 Å². The van der Waals surface area contributed by atoms with Crippen molar-refractivity contribution in [2.45, 2.75) is 12.2 Å². The molecule has 0 radical (unpaired) electrons. The highest BCUT2D eigenvalue weighted by molar-refractivity contribution is 9.10. The molecule has 180 valence electrons. The van der Waals surface area contributed by atoms with Gasteiger partial charge in [0.2, 0.25) is 12.2 Å². The normalized spacial score (nSPS) is 12.2. The molecule has 3 aromatic carbocycles. The number of halogens is 3. The fraction of sp³-hybridized carbons (Fsp3) is 0.0833. The van der Waals surface area contributed by atoms with Crippen molar-refractivity contribution in [3.05, 3.63) is 98.4 Å². The summed E-state index contributed by atoms with van der Waals surface area (Å²) in [5.41, 5.74) is 0.267. The number of hydrogen-bond donors (Lipinski definition) is 2. The summed E-state index contributed by atoms with van der Waals surface area (Å²) < 4.78 is 11.0. The van der Waals surface area contributed by atoms with Crippen LogP contribution in [0.5, 0.6) is 0 Å². The molecule has 2 atom stereocenters. The van der Waals surface area contributed by atoms with Crippen LogP contribution in [0, 0.1) is 0 Å². The molecule has 0 aliphatic carbocycles. The van der Waals surface area contributed by atoms with Gasteiger partial charge < -0.3 is 19.9 Å². The lowest BCUT2D eigenvalue weighted by Gasteiger charge is -2.23. The van der Waals surface area contributed by atoms with Crippen LogP contribution in [0.4, 0.5) is 5.69 Å². The summed E-state index contributed by atoms with van der Waals surface area (Å²) >= 11 is 14.9. The van der Waals surface area contributed by atoms with Gasteiger partial charge in [-0.05, 0) is 66.7 Å². The predicted octanol–water partition coefficient (Wildman–Crippen LogP) is 5.23. The molecule has 3 rings (SSSR count). The van der Waals surface area contributed by atoms with Gasteiger partial charge in [0.25, 0.3) is 5.91 Å². The Balaban J connectivity index is 1.90. The molecule has 0 saturated heterocycles. The number of amides is 1. The van der Waals surface area contributed by atoms with Gasteiger partial charge in [-0.1, -0.05) is 45.2 Å². The van der Waals surface area contributed by atoms with Gasteiger partial charge in [0.15, 0.2) is 0 Å². The van der Waals surface area contributed by atoms with E-state index in [1.165, 1.54) is 54.6 Å². The van der Waals surface area contributed by atoms with Crippen molar-refractivity contribution < 1.29 is 33.8 Å². The van der Waals surface area contributed by atoms with E-state index in [9.17, 15) is 24.3 Å². The molecule has 8 nitrogen and oxygen atoms in total. The van der Waals surface area contributed by atoms with E-state index in [0.717, 1.165) is 0 Å². The van der Waals surface area contributed by atoms with E-state index in [0.29, 0.717) is 14.5 Å². The first-order chi connectivity index (χ1) is 16.6. The maximum atomic E-state index is 13.1. The molecule has 0 bridgehead atoms. The summed E-state index contributed by atoms with van der Waals surface area (Å²) in [5.74, 6) is -4.81. The van der Waals surface area contributed by atoms with Crippen molar-refractivity contribution in [2.24, 2.45) is 0 Å². The van der Waals surface area contributed by atoms with Crippen LogP contribution in [0.3, 0.4) is 0 Å². The van der Waals surface area contributed by atoms with Crippen LogP contribution < -0.4 is 5.32 Å². The highest BCUT2D eigenvalue weighted by Gasteiger charge is 2.41. The Morgan fingerprint density at radius 1 is 0.771 bits per heavy atom. The summed E-state index contributed by atoms with van der Waals surface area (Å²) in [6.07, 6.45) is -4.20. The fourth-order valence-corrected chi connectivity index (χ4v) is 3.46. The van der Waals surface area contributed by atoms with Gasteiger partial charge in [0.1, 0.15) is 0 Å². The number of carboxylic acids is 1. The smallest absolute Gasteiger partial charge is 0.349 e. The number of nitrogens with one attached hydrogen (secondary N) is 1. The van der Waals surface area contributed by atoms with E-state index in [4.69, 9.17) is 32.7 Å². The van der Waals surface area contributed by atoms with Crippen molar-refractivity contribution in [3.63, 3.8) is 0 Å². The van der Waals surface area contributed by atoms with Crippen molar-refractivity contribution in [3.8, 4) is 0 Å². The first kappa shape index (κ1) is 26.2. The number of esters is 2. The van der Waals surface area contributed by atoms with Gasteiger partial charge >= 0.3 is 17.9 Å². The molecule has 0 aliphatic heterocycles. The molecule has 0 unspecified atom stereocenters. The molecule has 0 aromatic heterocycles. The lowest BCUT2D eigenvalue weighted by Crippen LogP contribution is -2.48. The zero-order valence-corrected chi connectivity index (χ0v) is 20.7. The zero-order chi connectivity index (χ0) is 25.5. The second-order valence-electron chi connectivity index (χ2n) is 7.00. The van der Waals surface area contributed by atoms with Crippen molar-refractivity contribution in [1.82, 2.24) is 0 Å². The number of anilines is 1. The Hall–Kier alpha value is -3.40. The number of rotatable bonds is 8. The second kappa shape index (κ2) is 11.8. The van der Waals surface area contributed by atoms with Crippen molar-refractivity contribution >= 4 is 68.6 Å². The fourth-order valence-electron chi connectivity index (χ4n) is 2.81. The molecule has 0 saturated carbocycles. The molecule has 0 spiro atoms. The van der Waals surface area contributed by atoms with E-state index in [1.807, 2.05) is 0 Å². The number of benzene rings is 3. The molecule has 11 heteroatoms. The predicted molar refractivity (Wildman–Crippen MR) is 132 cm³/mol. The van der Waals surface area contributed by atoms with Crippen molar-refractivity contribution in [2.75, 3.05) is 5.32 Å². The monoisotopic (exact) mass is 579 g/mol. The number of ether oxygens (including phenoxy) is 2. The topological polar surface area (TPSA) is 119 Å². The van der Waals surface area contributed by atoms with E-state index < -0.39 is 36.0 Å². The number of carbonyl (C=O) groups is 4. The highest BCUT2D eigenvalue weighted by atomic mass is 79.9. The molecule has 2 N–H and O–H groups in total. The zero-order valence-electron chi connectivity index (χ0n) is 17.6. The lowest BCUT2D eigenvalue weighted by molar-refractivity contribution is -0.157. The minimum atomic E-state index is -2.17. The maximum absolute atomic E-state index is 13.1. The Morgan fingerprint density at radius 2 is 1.26 bits per heavy atom. The third kappa shape index (κ3) is 7.29. The Labute approximate surface area is 217 Å². The molecular formula is C24H16BrCl2NO7. The van der Waals surface area contributed by atoms with E-state index >= 15 is 0 Å². The molecule has 0 heterocycles. The summed E-state index contributed by atoms with van der Waals surface area (Å²) in [6.45, 7) is 0. The first-order valence-corrected chi connectivity index (χ1v) is 11.4. The second-order valence-corrected chi connectivity index (χ2v) is 8.79. The van der Waals surface area contributed by atoms with E-state index in [2.05, 4.69) is 21.2 Å². The van der Waals surface area contributed by atoms with Crippen LogP contribution in [0.25, 0.3) is 0 Å². The summed E-state index contributed by atoms with van der Waals surface area (Å²) in [5, 5.41) is 12.9. The average molecular weight is 581 g/mol. The Kier molecular flexibility index (Phi) is 8.86. The third-order valence-electron chi connectivity index (χ3n) is 4.50. The van der Waals surface area contributed by atoms with Crippen LogP contribution in [0.15, 0.2) is 77.3 Å². The number of carboxylic acid groups (broad SMARTS) is 1. The molecular weight excluding hydrogens is 565 g/mol. The molecule has 35 heavy (non-hydrogen) atoms. The van der Waals surface area contributed by atoms with Crippen molar-refractivity contribution in [1.29, 1.82) is 0 Å². The van der Waals surface area contributed by atoms with Gasteiger partial charge in [0, 0.05) is 20.2 Å². The minimum Gasteiger partial charge on any atom is -0.478 e. The quantitative estimate of drug-likeness (QED) is 0.350. The summed E-state index contributed by atoms with van der Waals surface area (Å²) in [7, 11) is 0. The number of hydrogen-bond acceptors (Lipinski definition) is 6. The third-order valence-corrected chi connectivity index (χ3v) is 5.49. The van der Waals surface area contributed by atoms with Crippen LogP contribution in [-0.4, -0.2) is 41.1 Å². The van der Waals surface area contributed by atoms with Gasteiger partial charge in [-0.15, -0.1) is 0 Å². The first-order valence-electron chi connectivity index (χ1n) is 9.86. The van der Waals surface area contributed by atoms with Gasteiger partial charge in [0.05, 0.1) is 11.1 Å². The van der Waals surface area contributed by atoms with Gasteiger partial charge in [-0.3, -0.25) is 4.79 Å². The minimum absolute atomic E-state index is 0.00261. The maximum Gasteiger partial charge on any atom is 0.349 e. The standard InChI is InChI=1S/C24H16BrCl2NO7/c25-15-2-1-3-18(12-15)28-21(29)19(34-23(32)13-4-8-16(26)9-5-13)20(22(30)31)35-24(33)14-6-10-17(27)11-7-14/h1-12,19-20H,(H,28,29)(H,30,31)/t19-,20+/m0/s1. The lowest BCUT2D eigenvalue weighted by atomic mass is 10.1. The number of aliphatic carboxylic acids is 1.